The Morgan fingerprint density at radius 2 is 0.263 bits per heavy atom. The average molecular weight is 1710 g/mol. The molecule has 0 radical (unpaired) electrons. The van der Waals surface area contributed by atoms with E-state index in [2.05, 4.69) is 41.8 Å². The van der Waals surface area contributed by atoms with Gasteiger partial charge in [-0.1, -0.05) is 224 Å². The average Bonchev–Trinajstić information content (AvgIpc) is 0.743. The number of rotatable bonds is 21. The molecule has 12 heterocycles. The fourth-order valence-corrected chi connectivity index (χ4v) is 26.5. The molecular weight excluding hydrogens is 1640 g/mol. The Balaban J connectivity index is 0.705. The van der Waals surface area contributed by atoms with E-state index >= 15 is 22.8 Å². The molecule has 0 fully saturated rings. The fourth-order valence-electron chi connectivity index (χ4n) is 13.6. The third-order valence-electron chi connectivity index (χ3n) is 19.2. The van der Waals surface area contributed by atoms with Gasteiger partial charge in [-0.2, -0.15) is 0 Å². The van der Waals surface area contributed by atoms with Crippen molar-refractivity contribution in [2.45, 2.75) is 0 Å². The van der Waals surface area contributed by atoms with E-state index in [9.17, 15) is 0 Å². The summed E-state index contributed by atoms with van der Waals surface area (Å²) >= 11 is 6.96. The quantitative estimate of drug-likeness (QED) is 0.0480. The Morgan fingerprint density at radius 1 is 0.140 bits per heavy atom. The van der Waals surface area contributed by atoms with Crippen molar-refractivity contribution in [3.8, 4) is 68.3 Å². The van der Waals surface area contributed by atoms with E-state index < -0.39 is 35.7 Å². The Kier molecular flexibility index (Phi) is 20.9. The van der Waals surface area contributed by atoms with Crippen LogP contribution in [0.4, 0.5) is 0 Å². The van der Waals surface area contributed by atoms with Crippen LogP contribution in [0, 0.1) is 0 Å². The standard InChI is InChI=1S/C90H61Br2N12O5P5/c91-79-50-16-38-67(93-79)69-40-18-52-81(95-69)110(105,62-28-6-1-7-29-62)83-54-20-42-71(97-83)73-44-22-56-85(99-73)112(107,64-32-10-3-11-33-64)87-58-24-46-75(101-87)77-48-26-60-89(103-77)114(109,66-36-14-5-15-37-66)90-61-27-49-78(104-90)76-47-25-59-88(102-76)113(108,65-34-12-4-13-35-65)86-57-23-45-74(100-86)72-43-21-55-84(98-72)111(106,63-30-8-2-9-31-63)82-53-19-41-70(96-82)68-39-17-51-80(92)94-68/h1-61H. The molecule has 17 aromatic rings. The van der Waals surface area contributed by atoms with Gasteiger partial charge in [-0.3, -0.25) is 0 Å². The first-order valence-corrected chi connectivity index (χ1v) is 46.1. The van der Waals surface area contributed by atoms with E-state index in [0.717, 1.165) is 0 Å². The van der Waals surface area contributed by atoms with Crippen LogP contribution in [0.2, 0.25) is 0 Å². The third kappa shape index (κ3) is 14.3. The van der Waals surface area contributed by atoms with Crippen LogP contribution in [0.25, 0.3) is 68.3 Å². The smallest absolute Gasteiger partial charge is 0.206 e. The van der Waals surface area contributed by atoms with Crippen LogP contribution in [-0.4, -0.2) is 59.8 Å². The van der Waals surface area contributed by atoms with Gasteiger partial charge in [0.05, 0.1) is 68.3 Å². The zero-order valence-corrected chi connectivity index (χ0v) is 67.8. The lowest BCUT2D eigenvalue weighted by Gasteiger charge is -2.21. The van der Waals surface area contributed by atoms with E-state index in [4.69, 9.17) is 49.8 Å². The second kappa shape index (κ2) is 31.9. The van der Waals surface area contributed by atoms with Gasteiger partial charge in [-0.15, -0.1) is 0 Å². The van der Waals surface area contributed by atoms with Gasteiger partial charge in [-0.25, -0.2) is 59.8 Å². The van der Waals surface area contributed by atoms with E-state index in [1.54, 1.807) is 194 Å². The number of benzene rings is 5. The molecule has 550 valence electrons. The highest BCUT2D eigenvalue weighted by atomic mass is 79.9. The molecule has 17 nitrogen and oxygen atoms in total. The van der Waals surface area contributed by atoms with Crippen molar-refractivity contribution in [3.63, 3.8) is 0 Å². The lowest BCUT2D eigenvalue weighted by Crippen LogP contribution is -2.30. The van der Waals surface area contributed by atoms with Crippen molar-refractivity contribution in [3.05, 3.63) is 379 Å². The van der Waals surface area contributed by atoms with Crippen molar-refractivity contribution in [2.24, 2.45) is 0 Å². The number of hydrogen-bond acceptors (Lipinski definition) is 17. The second-order valence-corrected chi connectivity index (χ2v) is 41.1. The molecule has 0 amide bonds. The third-order valence-corrected chi connectivity index (χ3v) is 34.1. The largest absolute Gasteiger partial charge is 0.305 e. The Bertz CT molecular complexity index is 6390. The first kappa shape index (κ1) is 74.7. The van der Waals surface area contributed by atoms with Gasteiger partial charge in [0.15, 0.2) is 0 Å². The van der Waals surface area contributed by atoms with Gasteiger partial charge in [0.1, 0.15) is 63.6 Å². The molecular formula is C90H61Br2N12O5P5. The van der Waals surface area contributed by atoms with Gasteiger partial charge in [0.25, 0.3) is 0 Å². The Hall–Kier alpha value is -12.0. The molecule has 0 spiro atoms. The molecule has 0 N–H and O–H groups in total. The van der Waals surface area contributed by atoms with Crippen molar-refractivity contribution >= 4 is 148 Å². The number of halogens is 2. The van der Waals surface area contributed by atoms with Crippen molar-refractivity contribution in [1.29, 1.82) is 0 Å². The summed E-state index contributed by atoms with van der Waals surface area (Å²) in [4.78, 5) is 60.5. The van der Waals surface area contributed by atoms with Gasteiger partial charge >= 0.3 is 0 Å². The molecule has 0 aliphatic carbocycles. The van der Waals surface area contributed by atoms with Gasteiger partial charge in [0, 0.05) is 26.5 Å². The molecule has 12 aromatic heterocycles. The van der Waals surface area contributed by atoms with E-state index in [1.165, 1.54) is 0 Å². The number of nitrogens with zero attached hydrogens (tertiary/aromatic N) is 12. The summed E-state index contributed by atoms with van der Waals surface area (Å²) in [5.41, 5.74) is 7.60. The van der Waals surface area contributed by atoms with E-state index in [0.29, 0.717) is 115 Å². The number of hydrogen-bond donors (Lipinski definition) is 0. The molecule has 0 aliphatic heterocycles. The Morgan fingerprint density at radius 3 is 0.395 bits per heavy atom. The van der Waals surface area contributed by atoms with Crippen molar-refractivity contribution in [2.75, 3.05) is 0 Å². The highest BCUT2D eigenvalue weighted by Crippen LogP contribution is 2.48. The molecule has 4 unspecified atom stereocenters. The second-order valence-electron chi connectivity index (χ2n) is 26.2. The maximum absolute atomic E-state index is 16.7. The molecule has 0 aliphatic rings. The summed E-state index contributed by atoms with van der Waals surface area (Å²) in [7, 11) is -19.5. The van der Waals surface area contributed by atoms with Crippen LogP contribution >= 0.6 is 67.6 Å². The van der Waals surface area contributed by atoms with Crippen molar-refractivity contribution in [1.82, 2.24) is 59.8 Å². The number of pyridine rings is 12. The fraction of sp³-hybridized carbons (Fsp3) is 0. The number of aromatic nitrogens is 12. The summed E-state index contributed by atoms with van der Waals surface area (Å²) in [6.07, 6.45) is 0. The SMILES string of the molecule is O=P(c1ccccc1)(c1cccc(-c2cccc(Br)n2)n1)c1cccc(-c2cccc(P(=O)(c3ccccc3)c3cccc(-c4cccc(P(=O)(c5ccccc5)c5cccc(-c6cccc(P(=O)(c7ccccc7)c7cccc(-c8cccc(P(=O)(c9ccccc9)c9cccc(-c%10cccc(Br)n%10)n9)n8)n7)n6)n5)n4)n3)n2)n1. The molecule has 5 aromatic carbocycles. The normalized spacial score (nSPS) is 14.1. The van der Waals surface area contributed by atoms with Gasteiger partial charge in [-0.05, 0) is 177 Å². The maximum atomic E-state index is 16.7. The molecule has 4 atom stereocenters. The van der Waals surface area contributed by atoms with Crippen LogP contribution in [0.1, 0.15) is 0 Å². The molecule has 17 rings (SSSR count). The highest BCUT2D eigenvalue weighted by molar-refractivity contribution is 9.10. The summed E-state index contributed by atoms with van der Waals surface area (Å²) in [6, 6.07) is 110. The van der Waals surface area contributed by atoms with E-state index in [1.807, 2.05) is 176 Å². The van der Waals surface area contributed by atoms with Crippen LogP contribution in [0.15, 0.2) is 379 Å². The van der Waals surface area contributed by atoms with Crippen LogP contribution in [-0.2, 0) is 22.8 Å². The maximum Gasteiger partial charge on any atom is 0.206 e. The first-order chi connectivity index (χ1) is 55.7. The zero-order chi connectivity index (χ0) is 77.9. The summed E-state index contributed by atoms with van der Waals surface area (Å²) in [6.45, 7) is 0. The van der Waals surface area contributed by atoms with Gasteiger partial charge < -0.3 is 22.8 Å². The van der Waals surface area contributed by atoms with Crippen molar-refractivity contribution < 1.29 is 22.8 Å². The monoisotopic (exact) mass is 1700 g/mol. The van der Waals surface area contributed by atoms with Gasteiger partial charge in [0.2, 0.25) is 35.7 Å². The molecule has 0 saturated heterocycles. The van der Waals surface area contributed by atoms with Crippen LogP contribution in [0.5, 0.6) is 0 Å². The predicted molar refractivity (Wildman–Crippen MR) is 465 cm³/mol. The molecule has 24 heteroatoms. The lowest BCUT2D eigenvalue weighted by atomic mass is 10.2. The van der Waals surface area contributed by atoms with Crippen LogP contribution in [0.3, 0.4) is 0 Å². The minimum atomic E-state index is -4.02. The summed E-state index contributed by atoms with van der Waals surface area (Å²) < 4.78 is 83.4. The summed E-state index contributed by atoms with van der Waals surface area (Å²) in [5, 5.41) is 2.44. The predicted octanol–water partition coefficient (Wildman–Crippen LogP) is 14.2. The minimum absolute atomic E-state index is 0.198. The molecule has 114 heavy (non-hydrogen) atoms. The highest BCUT2D eigenvalue weighted by Gasteiger charge is 2.40. The summed E-state index contributed by atoms with van der Waals surface area (Å²) in [5.74, 6) is 0. The minimum Gasteiger partial charge on any atom is -0.305 e. The van der Waals surface area contributed by atoms with Crippen LogP contribution < -0.4 is 80.9 Å². The van der Waals surface area contributed by atoms with E-state index in [-0.39, 0.29) is 43.5 Å². The zero-order valence-electron chi connectivity index (χ0n) is 60.1. The molecule has 0 saturated carbocycles. The Labute approximate surface area is 673 Å². The first-order valence-electron chi connectivity index (χ1n) is 36.0. The molecule has 0 bridgehead atoms. The lowest BCUT2D eigenvalue weighted by molar-refractivity contribution is 0.590. The topological polar surface area (TPSA) is 240 Å².